The van der Waals surface area contributed by atoms with E-state index in [9.17, 15) is 14.7 Å². The summed E-state index contributed by atoms with van der Waals surface area (Å²) in [6.07, 6.45) is 1.04. The number of aromatic nitrogens is 2. The molecule has 5 rings (SSSR count). The van der Waals surface area contributed by atoms with Crippen molar-refractivity contribution in [3.63, 3.8) is 0 Å². The molecular weight excluding hydrogens is 526 g/mol. The molecule has 0 aliphatic heterocycles. The number of rotatable bonds is 7. The van der Waals surface area contributed by atoms with E-state index in [1.54, 1.807) is 46.2 Å². The Labute approximate surface area is 227 Å². The summed E-state index contributed by atoms with van der Waals surface area (Å²) in [5.74, 6) is -0.439. The molecule has 1 amide bonds. The number of thiophene rings is 1. The second-order valence-corrected chi connectivity index (χ2v) is 11.1. The number of amides is 1. The van der Waals surface area contributed by atoms with Crippen LogP contribution < -0.4 is 5.32 Å². The van der Waals surface area contributed by atoms with Crippen LogP contribution in [0.3, 0.4) is 0 Å². The van der Waals surface area contributed by atoms with E-state index in [1.807, 2.05) is 24.4 Å². The first kappa shape index (κ1) is 25.4. The maximum atomic E-state index is 13.5. The number of carbonyl (C=O) groups is 2. The minimum Gasteiger partial charge on any atom is -0.392 e. The van der Waals surface area contributed by atoms with Gasteiger partial charge in [-0.25, -0.2) is 4.98 Å². The number of fused-ring (bicyclic) bond motifs is 1. The second kappa shape index (κ2) is 10.6. The van der Waals surface area contributed by atoms with Crippen molar-refractivity contribution in [3.05, 3.63) is 92.3 Å². The van der Waals surface area contributed by atoms with Crippen molar-refractivity contribution in [2.45, 2.75) is 33.3 Å². The van der Waals surface area contributed by atoms with Gasteiger partial charge in [0.2, 0.25) is 5.91 Å². The van der Waals surface area contributed by atoms with Crippen molar-refractivity contribution in [1.29, 1.82) is 0 Å². The molecule has 0 saturated carbocycles. The molecule has 2 N–H and O–H groups in total. The van der Waals surface area contributed by atoms with Crippen molar-refractivity contribution >= 4 is 62.1 Å². The quantitative estimate of drug-likeness (QED) is 0.236. The van der Waals surface area contributed by atoms with Gasteiger partial charge in [0.05, 0.1) is 29.1 Å². The zero-order valence-corrected chi connectivity index (χ0v) is 22.6. The lowest BCUT2D eigenvalue weighted by atomic mass is 10.1. The Morgan fingerprint density at radius 1 is 1.11 bits per heavy atom. The van der Waals surface area contributed by atoms with E-state index < -0.39 is 0 Å². The highest BCUT2D eigenvalue weighted by Gasteiger charge is 2.22. The Hall–Kier alpha value is -3.30. The highest BCUT2D eigenvalue weighted by atomic mass is 35.5. The minimum absolute atomic E-state index is 0.0615. The minimum atomic E-state index is -0.225. The molecule has 0 bridgehead atoms. The maximum absolute atomic E-state index is 13.5. The fraction of sp³-hybridized carbons (Fsp3) is 0.179. The zero-order chi connectivity index (χ0) is 26.1. The van der Waals surface area contributed by atoms with Crippen LogP contribution in [0.5, 0.6) is 0 Å². The van der Waals surface area contributed by atoms with Crippen molar-refractivity contribution in [2.75, 3.05) is 5.32 Å². The van der Waals surface area contributed by atoms with E-state index in [-0.39, 0.29) is 24.8 Å². The lowest BCUT2D eigenvalue weighted by molar-refractivity contribution is -0.115. The smallest absolute Gasteiger partial charge is 0.262 e. The number of benzene rings is 2. The first-order valence-electron chi connectivity index (χ1n) is 11.8. The van der Waals surface area contributed by atoms with Crippen LogP contribution in [0.15, 0.2) is 60.0 Å². The van der Waals surface area contributed by atoms with Gasteiger partial charge in [-0.15, -0.1) is 22.7 Å². The molecule has 0 aliphatic rings. The summed E-state index contributed by atoms with van der Waals surface area (Å²) < 4.78 is 1.62. The van der Waals surface area contributed by atoms with E-state index in [0.29, 0.717) is 32.5 Å². The Bertz CT molecular complexity index is 1620. The van der Waals surface area contributed by atoms with Gasteiger partial charge < -0.3 is 10.4 Å². The Morgan fingerprint density at radius 3 is 2.59 bits per heavy atom. The molecule has 0 aliphatic carbocycles. The van der Waals surface area contributed by atoms with E-state index in [0.717, 1.165) is 27.9 Å². The number of halogens is 1. The second-order valence-electron chi connectivity index (χ2n) is 8.60. The Balaban J connectivity index is 1.45. The van der Waals surface area contributed by atoms with Crippen LogP contribution in [0.4, 0.5) is 5.13 Å². The predicted octanol–water partition coefficient (Wildman–Crippen LogP) is 6.71. The molecule has 37 heavy (non-hydrogen) atoms. The van der Waals surface area contributed by atoms with Crippen LogP contribution in [-0.4, -0.2) is 26.5 Å². The fourth-order valence-corrected chi connectivity index (χ4v) is 6.14. The van der Waals surface area contributed by atoms with E-state index in [1.165, 1.54) is 16.2 Å². The van der Waals surface area contributed by atoms with E-state index >= 15 is 0 Å². The van der Waals surface area contributed by atoms with Crippen LogP contribution in [0, 0.1) is 6.92 Å². The van der Waals surface area contributed by atoms with Gasteiger partial charge in [0.25, 0.3) is 5.91 Å². The zero-order valence-electron chi connectivity index (χ0n) is 20.2. The number of aliphatic hydroxyl groups is 1. The monoisotopic (exact) mass is 549 g/mol. The summed E-state index contributed by atoms with van der Waals surface area (Å²) in [6, 6.07) is 16.3. The molecule has 2 aromatic carbocycles. The molecular formula is C28H24ClN3O3S2. The van der Waals surface area contributed by atoms with Crippen LogP contribution in [-0.2, 0) is 24.2 Å². The van der Waals surface area contributed by atoms with Gasteiger partial charge in [-0.1, -0.05) is 24.6 Å². The number of aliphatic hydroxyl groups excluding tert-OH is 1. The number of carbonyl (C=O) groups excluding carboxylic acids is 2. The SMILES string of the molecule is CCc1ccc(-c2csc(NC(=O)Cc3c(C)n(C(=O)c4ccc(Cl)cc4)c4ccc(CO)cc34)n2)s1. The number of anilines is 1. The van der Waals surface area contributed by atoms with Gasteiger partial charge >= 0.3 is 0 Å². The third kappa shape index (κ3) is 5.10. The maximum Gasteiger partial charge on any atom is 0.262 e. The fourth-order valence-electron chi connectivity index (χ4n) is 4.31. The summed E-state index contributed by atoms with van der Waals surface area (Å²) >= 11 is 9.09. The summed E-state index contributed by atoms with van der Waals surface area (Å²) in [6.45, 7) is 3.81. The number of thiazole rings is 1. The standard InChI is InChI=1S/C28H24ClN3O3S2/c1-3-20-9-11-25(37-20)23-15-36-28(30-23)31-26(34)13-21-16(2)32(24-10-4-17(14-33)12-22(21)24)27(35)18-5-7-19(29)8-6-18/h4-12,15,33H,3,13-14H2,1-2H3,(H,30,31,34). The highest BCUT2D eigenvalue weighted by Crippen LogP contribution is 2.32. The number of nitrogens with one attached hydrogen (secondary N) is 1. The van der Waals surface area contributed by atoms with Crippen molar-refractivity contribution in [3.8, 4) is 10.6 Å². The molecule has 0 spiro atoms. The van der Waals surface area contributed by atoms with Gasteiger partial charge in [0.1, 0.15) is 0 Å². The molecule has 5 aromatic rings. The van der Waals surface area contributed by atoms with E-state index in [4.69, 9.17) is 11.6 Å². The molecule has 0 radical (unpaired) electrons. The Morgan fingerprint density at radius 2 is 1.89 bits per heavy atom. The van der Waals surface area contributed by atoms with Gasteiger partial charge in [0.15, 0.2) is 5.13 Å². The third-order valence-corrected chi connectivity index (χ3v) is 8.49. The van der Waals surface area contributed by atoms with Crippen LogP contribution in [0.1, 0.15) is 39.0 Å². The van der Waals surface area contributed by atoms with Gasteiger partial charge in [-0.3, -0.25) is 14.2 Å². The van der Waals surface area contributed by atoms with Gasteiger partial charge in [0, 0.05) is 31.9 Å². The summed E-state index contributed by atoms with van der Waals surface area (Å²) in [5, 5.41) is 16.4. The number of nitrogens with zero attached hydrogens (tertiary/aromatic N) is 2. The number of hydrogen-bond acceptors (Lipinski definition) is 6. The first-order valence-corrected chi connectivity index (χ1v) is 13.8. The molecule has 0 unspecified atom stereocenters. The third-order valence-electron chi connectivity index (χ3n) is 6.23. The molecule has 9 heteroatoms. The van der Waals surface area contributed by atoms with Crippen LogP contribution in [0.25, 0.3) is 21.5 Å². The van der Waals surface area contributed by atoms with Gasteiger partial charge in [-0.2, -0.15) is 0 Å². The molecule has 188 valence electrons. The normalized spacial score (nSPS) is 11.2. The molecule has 3 aromatic heterocycles. The topological polar surface area (TPSA) is 84.2 Å². The van der Waals surface area contributed by atoms with Gasteiger partial charge in [-0.05, 0) is 73.0 Å². The lowest BCUT2D eigenvalue weighted by Crippen LogP contribution is -2.16. The van der Waals surface area contributed by atoms with Crippen LogP contribution >= 0.6 is 34.3 Å². The van der Waals surface area contributed by atoms with Crippen molar-refractivity contribution in [1.82, 2.24) is 9.55 Å². The molecule has 0 saturated heterocycles. The average Bonchev–Trinajstić information content (AvgIpc) is 3.62. The Kier molecular flexibility index (Phi) is 7.26. The molecule has 0 fully saturated rings. The highest BCUT2D eigenvalue weighted by molar-refractivity contribution is 7.17. The van der Waals surface area contributed by atoms with Crippen LogP contribution in [0.2, 0.25) is 5.02 Å². The molecule has 0 atom stereocenters. The summed E-state index contributed by atoms with van der Waals surface area (Å²) in [7, 11) is 0. The average molecular weight is 550 g/mol. The van der Waals surface area contributed by atoms with Crippen molar-refractivity contribution in [2.24, 2.45) is 0 Å². The number of hydrogen-bond donors (Lipinski definition) is 2. The molecule has 6 nitrogen and oxygen atoms in total. The summed E-state index contributed by atoms with van der Waals surface area (Å²) in [5.41, 5.74) is 4.12. The molecule has 3 heterocycles. The lowest BCUT2D eigenvalue weighted by Gasteiger charge is -2.08. The predicted molar refractivity (Wildman–Crippen MR) is 151 cm³/mol. The number of aryl methyl sites for hydroxylation is 1. The largest absolute Gasteiger partial charge is 0.392 e. The van der Waals surface area contributed by atoms with Crippen molar-refractivity contribution < 1.29 is 14.7 Å². The summed E-state index contributed by atoms with van der Waals surface area (Å²) in [4.78, 5) is 33.5. The first-order chi connectivity index (χ1) is 17.9. The van der Waals surface area contributed by atoms with E-state index in [2.05, 4.69) is 29.4 Å².